The normalized spacial score (nSPS) is 10.0. The van der Waals surface area contributed by atoms with Crippen LogP contribution < -0.4 is 4.46 Å². The van der Waals surface area contributed by atoms with Gasteiger partial charge in [0.25, 0.3) is 0 Å². The third-order valence-electron chi connectivity index (χ3n) is 2.99. The number of unbranched alkanes of at least 4 members (excludes halogenated alkanes) is 3. The topological polar surface area (TPSA) is 20.3 Å². The van der Waals surface area contributed by atoms with E-state index in [1.165, 1.54) is 0 Å². The summed E-state index contributed by atoms with van der Waals surface area (Å²) in [7, 11) is 0. The number of hydrogen-bond acceptors (Lipinski definition) is 1. The van der Waals surface area contributed by atoms with E-state index in [0.29, 0.717) is 0 Å². The first-order chi connectivity index (χ1) is 9.77. The van der Waals surface area contributed by atoms with E-state index in [9.17, 15) is 4.79 Å². The van der Waals surface area contributed by atoms with Gasteiger partial charge in [-0.3, -0.25) is 0 Å². The number of terminal acetylenes is 1. The summed E-state index contributed by atoms with van der Waals surface area (Å²) in [5.74, 6) is 2.65. The third-order valence-corrected chi connectivity index (χ3v) is 4.96. The van der Waals surface area contributed by atoms with Crippen LogP contribution in [0, 0.1) is 12.3 Å². The molecule has 0 atom stereocenters. The van der Waals surface area contributed by atoms with Crippen molar-refractivity contribution in [3.05, 3.63) is 30.3 Å². The van der Waals surface area contributed by atoms with Gasteiger partial charge in [0.1, 0.15) is 0 Å². The fourth-order valence-corrected chi connectivity index (χ4v) is 3.52. The fourth-order valence-electron chi connectivity index (χ4n) is 1.83. The zero-order chi connectivity index (χ0) is 14.6. The van der Waals surface area contributed by atoms with Gasteiger partial charge in [0, 0.05) is 0 Å². The number of carbonyl (C=O) groups excluding carboxylic acids is 1. The van der Waals surface area contributed by atoms with Crippen molar-refractivity contribution in [2.24, 2.45) is 0 Å². The van der Waals surface area contributed by atoms with Gasteiger partial charge >= 0.3 is 129 Å². The summed E-state index contributed by atoms with van der Waals surface area (Å²) in [6.45, 7) is 3.87. The molecule has 1 aromatic carbocycles. The summed E-state index contributed by atoms with van der Waals surface area (Å²) < 4.78 is 1.15. The zero-order valence-electron chi connectivity index (χ0n) is 12.2. The number of benzene rings is 1. The minimum atomic E-state index is -0.110. The Morgan fingerprint density at radius 1 is 1.20 bits per heavy atom. The second-order valence-electron chi connectivity index (χ2n) is 4.68. The molecule has 0 bridgehead atoms. The van der Waals surface area contributed by atoms with Crippen molar-refractivity contribution in [2.75, 3.05) is 13.1 Å². The number of nitrogens with zero attached hydrogens (tertiary/aromatic N) is 1. The fraction of sp³-hybridized carbons (Fsp3) is 0.471. The quantitative estimate of drug-likeness (QED) is 0.386. The molecule has 0 heterocycles. The first-order valence-electron chi connectivity index (χ1n) is 7.23. The van der Waals surface area contributed by atoms with Crippen LogP contribution in [0.1, 0.15) is 39.0 Å². The molecule has 108 valence electrons. The van der Waals surface area contributed by atoms with Gasteiger partial charge < -0.3 is 0 Å². The van der Waals surface area contributed by atoms with Crippen LogP contribution >= 0.6 is 0 Å². The van der Waals surface area contributed by atoms with Crippen molar-refractivity contribution in [1.29, 1.82) is 0 Å². The second-order valence-corrected chi connectivity index (χ2v) is 6.83. The van der Waals surface area contributed by atoms with E-state index in [-0.39, 0.29) is 19.8 Å². The Bertz CT molecular complexity index is 424. The van der Waals surface area contributed by atoms with Crippen molar-refractivity contribution in [1.82, 2.24) is 4.90 Å². The average Bonchev–Trinajstić information content (AvgIpc) is 2.47. The Kier molecular flexibility index (Phi) is 8.87. The molecule has 0 unspecified atom stereocenters. The van der Waals surface area contributed by atoms with Crippen LogP contribution in [0.25, 0.3) is 0 Å². The molecule has 0 aliphatic heterocycles. The Morgan fingerprint density at radius 3 is 2.55 bits per heavy atom. The van der Waals surface area contributed by atoms with E-state index in [1.807, 2.05) is 35.2 Å². The molecule has 0 N–H and O–H groups in total. The maximum absolute atomic E-state index is 12.4. The van der Waals surface area contributed by atoms with Gasteiger partial charge in [0.05, 0.1) is 0 Å². The summed E-state index contributed by atoms with van der Waals surface area (Å²) in [5, 5.41) is 0. The van der Waals surface area contributed by atoms with Crippen LogP contribution in [0.4, 0.5) is 4.79 Å². The second kappa shape index (κ2) is 10.5. The molecule has 0 saturated carbocycles. The molecule has 1 rings (SSSR count). The molecule has 0 fully saturated rings. The summed E-state index contributed by atoms with van der Waals surface area (Å²) in [5.41, 5.74) is 0. The summed E-state index contributed by atoms with van der Waals surface area (Å²) >= 11 is -0.110. The van der Waals surface area contributed by atoms with Crippen LogP contribution in [0.15, 0.2) is 30.3 Å². The van der Waals surface area contributed by atoms with Crippen molar-refractivity contribution in [3.8, 4) is 12.3 Å². The first kappa shape index (κ1) is 16.8. The molecule has 0 aliphatic rings. The van der Waals surface area contributed by atoms with Gasteiger partial charge in [-0.2, -0.15) is 0 Å². The van der Waals surface area contributed by atoms with E-state index >= 15 is 0 Å². The third kappa shape index (κ3) is 6.80. The Labute approximate surface area is 129 Å². The SMILES string of the molecule is C#CCCCCN(CCCC)C(=O)[Se]c1ccccc1. The molecule has 0 aromatic heterocycles. The first-order valence-corrected chi connectivity index (χ1v) is 8.94. The molecule has 0 radical (unpaired) electrons. The van der Waals surface area contributed by atoms with Crippen LogP contribution in [0.3, 0.4) is 0 Å². The van der Waals surface area contributed by atoms with E-state index < -0.39 is 0 Å². The van der Waals surface area contributed by atoms with Gasteiger partial charge in [0.15, 0.2) is 0 Å². The summed E-state index contributed by atoms with van der Waals surface area (Å²) in [6, 6.07) is 10.0. The molecule has 0 spiro atoms. The predicted octanol–water partition coefficient (Wildman–Crippen LogP) is 3.04. The Balaban J connectivity index is 2.48. The molecular weight excluding hydrogens is 313 g/mol. The zero-order valence-corrected chi connectivity index (χ0v) is 13.9. The maximum atomic E-state index is 12.4. The monoisotopic (exact) mass is 337 g/mol. The van der Waals surface area contributed by atoms with E-state index in [4.69, 9.17) is 6.42 Å². The van der Waals surface area contributed by atoms with E-state index in [0.717, 1.165) is 49.7 Å². The van der Waals surface area contributed by atoms with Gasteiger partial charge in [-0.25, -0.2) is 0 Å². The average molecular weight is 336 g/mol. The van der Waals surface area contributed by atoms with E-state index in [2.05, 4.69) is 12.8 Å². The van der Waals surface area contributed by atoms with E-state index in [1.54, 1.807) is 0 Å². The number of rotatable bonds is 9. The number of carbonyl (C=O) groups is 1. The Morgan fingerprint density at radius 2 is 1.90 bits per heavy atom. The molecule has 1 amide bonds. The van der Waals surface area contributed by atoms with Gasteiger partial charge in [-0.05, 0) is 0 Å². The van der Waals surface area contributed by atoms with Crippen LogP contribution in [0.5, 0.6) is 0 Å². The number of hydrogen-bond donors (Lipinski definition) is 0. The predicted molar refractivity (Wildman–Crippen MR) is 86.4 cm³/mol. The van der Waals surface area contributed by atoms with Crippen LogP contribution in [0.2, 0.25) is 0 Å². The minimum absolute atomic E-state index is 0.110. The molecule has 1 aromatic rings. The van der Waals surface area contributed by atoms with Gasteiger partial charge in [-0.15, -0.1) is 0 Å². The molecular formula is C17H23NOSe. The van der Waals surface area contributed by atoms with Crippen molar-refractivity contribution < 1.29 is 4.79 Å². The molecule has 3 heteroatoms. The van der Waals surface area contributed by atoms with Crippen molar-refractivity contribution in [2.45, 2.75) is 39.0 Å². The molecule has 2 nitrogen and oxygen atoms in total. The van der Waals surface area contributed by atoms with Gasteiger partial charge in [-0.1, -0.05) is 0 Å². The Hall–Kier alpha value is -1.23. The van der Waals surface area contributed by atoms with Crippen molar-refractivity contribution in [3.63, 3.8) is 0 Å². The molecule has 0 saturated heterocycles. The van der Waals surface area contributed by atoms with Gasteiger partial charge in [0.2, 0.25) is 0 Å². The standard InChI is InChI=1S/C17H23NOSe/c1-3-5-7-11-15-18(14-6-4-2)17(19)20-16-12-9-8-10-13-16/h1,8-10,12-13H,4-7,11,14-15H2,2H3. The molecule has 0 aliphatic carbocycles. The van der Waals surface area contributed by atoms with Crippen LogP contribution in [-0.4, -0.2) is 37.8 Å². The van der Waals surface area contributed by atoms with Crippen LogP contribution in [-0.2, 0) is 0 Å². The number of amides is 1. The summed E-state index contributed by atoms with van der Waals surface area (Å²) in [6.07, 6.45) is 10.3. The summed E-state index contributed by atoms with van der Waals surface area (Å²) in [4.78, 5) is 14.7. The van der Waals surface area contributed by atoms with Crippen molar-refractivity contribution >= 4 is 24.2 Å². The molecule has 20 heavy (non-hydrogen) atoms.